The van der Waals surface area contributed by atoms with Crippen molar-refractivity contribution in [2.45, 2.75) is 12.8 Å². The van der Waals surface area contributed by atoms with Gasteiger partial charge in [0.25, 0.3) is 5.88 Å². The molecular formula is C14H9BrF3N3O. The van der Waals surface area contributed by atoms with E-state index in [1.165, 1.54) is 6.07 Å². The van der Waals surface area contributed by atoms with E-state index in [1.807, 2.05) is 0 Å². The first kappa shape index (κ1) is 14.8. The van der Waals surface area contributed by atoms with Crippen LogP contribution in [-0.4, -0.2) is 14.4 Å². The molecule has 0 aliphatic rings. The lowest BCUT2D eigenvalue weighted by molar-refractivity contribution is -0.137. The largest absolute Gasteiger partial charge is 0.470 e. The number of ether oxygens (including phenoxy) is 1. The van der Waals surface area contributed by atoms with Crippen molar-refractivity contribution in [3.63, 3.8) is 0 Å². The number of rotatable bonds is 3. The number of imidazole rings is 1. The second kappa shape index (κ2) is 5.60. The molecule has 0 radical (unpaired) electrons. The molecule has 0 spiro atoms. The molecule has 0 unspecified atom stereocenters. The number of hydrogen-bond donors (Lipinski definition) is 0. The Hall–Kier alpha value is -2.09. The van der Waals surface area contributed by atoms with Gasteiger partial charge in [0.15, 0.2) is 0 Å². The highest BCUT2D eigenvalue weighted by Crippen LogP contribution is 2.30. The fourth-order valence-electron chi connectivity index (χ4n) is 1.96. The van der Waals surface area contributed by atoms with Gasteiger partial charge in [0, 0.05) is 18.6 Å². The summed E-state index contributed by atoms with van der Waals surface area (Å²) in [7, 11) is 0. The van der Waals surface area contributed by atoms with Crippen LogP contribution in [0.25, 0.3) is 5.65 Å². The molecule has 3 aromatic rings. The van der Waals surface area contributed by atoms with Crippen molar-refractivity contribution in [3.05, 3.63) is 58.6 Å². The van der Waals surface area contributed by atoms with Crippen LogP contribution in [0.15, 0.2) is 47.5 Å². The third-order valence-electron chi connectivity index (χ3n) is 2.94. The van der Waals surface area contributed by atoms with Crippen LogP contribution in [0, 0.1) is 0 Å². The van der Waals surface area contributed by atoms with Gasteiger partial charge in [0.2, 0.25) is 5.65 Å². The minimum atomic E-state index is -4.37. The van der Waals surface area contributed by atoms with Crippen LogP contribution in [0.3, 0.4) is 0 Å². The molecule has 2 aromatic heterocycles. The fraction of sp³-hybridized carbons (Fsp3) is 0.143. The zero-order chi connectivity index (χ0) is 15.7. The lowest BCUT2D eigenvalue weighted by atomic mass is 10.1. The molecule has 0 saturated carbocycles. The van der Waals surface area contributed by atoms with Crippen molar-refractivity contribution in [3.8, 4) is 5.88 Å². The SMILES string of the molecule is FC(F)(F)c1cccc(COc2nc(Br)cn3ccnc23)c1. The molecule has 0 aliphatic carbocycles. The quantitative estimate of drug-likeness (QED) is 0.695. The number of alkyl halides is 3. The zero-order valence-corrected chi connectivity index (χ0v) is 12.6. The van der Waals surface area contributed by atoms with E-state index in [0.29, 0.717) is 15.8 Å². The van der Waals surface area contributed by atoms with E-state index < -0.39 is 11.7 Å². The first-order chi connectivity index (χ1) is 10.4. The average molecular weight is 372 g/mol. The van der Waals surface area contributed by atoms with Crippen LogP contribution in [0.5, 0.6) is 5.88 Å². The summed E-state index contributed by atoms with van der Waals surface area (Å²) in [5.74, 6) is 0.247. The van der Waals surface area contributed by atoms with E-state index >= 15 is 0 Å². The maximum Gasteiger partial charge on any atom is 0.416 e. The first-order valence-corrected chi connectivity index (χ1v) is 7.01. The number of fused-ring (bicyclic) bond motifs is 1. The smallest absolute Gasteiger partial charge is 0.416 e. The first-order valence-electron chi connectivity index (χ1n) is 6.21. The van der Waals surface area contributed by atoms with Gasteiger partial charge in [-0.25, -0.2) is 9.97 Å². The topological polar surface area (TPSA) is 39.4 Å². The van der Waals surface area contributed by atoms with Crippen LogP contribution in [-0.2, 0) is 12.8 Å². The Bertz CT molecular complexity index is 816. The van der Waals surface area contributed by atoms with Gasteiger partial charge in [0.1, 0.15) is 11.2 Å². The molecule has 0 amide bonds. The van der Waals surface area contributed by atoms with Crippen LogP contribution in [0.4, 0.5) is 13.2 Å². The lowest BCUT2D eigenvalue weighted by Gasteiger charge is -2.10. The van der Waals surface area contributed by atoms with E-state index in [4.69, 9.17) is 4.74 Å². The van der Waals surface area contributed by atoms with E-state index in [1.54, 1.807) is 29.1 Å². The molecule has 3 rings (SSSR count). The summed E-state index contributed by atoms with van der Waals surface area (Å²) in [4.78, 5) is 8.25. The summed E-state index contributed by atoms with van der Waals surface area (Å²) in [5, 5.41) is 0. The summed E-state index contributed by atoms with van der Waals surface area (Å²) in [6.45, 7) is -0.0319. The lowest BCUT2D eigenvalue weighted by Crippen LogP contribution is -2.06. The molecule has 114 valence electrons. The molecule has 0 bridgehead atoms. The number of nitrogens with zero attached hydrogens (tertiary/aromatic N) is 3. The van der Waals surface area contributed by atoms with E-state index in [0.717, 1.165) is 12.1 Å². The second-order valence-electron chi connectivity index (χ2n) is 4.51. The van der Waals surface area contributed by atoms with Gasteiger partial charge in [-0.2, -0.15) is 13.2 Å². The van der Waals surface area contributed by atoms with Crippen LogP contribution < -0.4 is 4.74 Å². The van der Waals surface area contributed by atoms with Gasteiger partial charge in [-0.15, -0.1) is 0 Å². The van der Waals surface area contributed by atoms with Crippen molar-refractivity contribution in [2.75, 3.05) is 0 Å². The normalized spacial score (nSPS) is 11.8. The average Bonchev–Trinajstić information content (AvgIpc) is 2.92. The highest BCUT2D eigenvalue weighted by molar-refractivity contribution is 9.10. The third kappa shape index (κ3) is 3.06. The monoisotopic (exact) mass is 371 g/mol. The molecule has 0 fully saturated rings. The summed E-state index contributed by atoms with van der Waals surface area (Å²) in [6, 6.07) is 4.99. The Labute approximate surface area is 131 Å². The van der Waals surface area contributed by atoms with Crippen LogP contribution >= 0.6 is 15.9 Å². The van der Waals surface area contributed by atoms with Gasteiger partial charge in [-0.3, -0.25) is 4.40 Å². The number of halogens is 4. The molecule has 0 aliphatic heterocycles. The Morgan fingerprint density at radius 1 is 1.27 bits per heavy atom. The molecule has 8 heteroatoms. The highest BCUT2D eigenvalue weighted by Gasteiger charge is 2.30. The van der Waals surface area contributed by atoms with Crippen molar-refractivity contribution < 1.29 is 17.9 Å². The van der Waals surface area contributed by atoms with Gasteiger partial charge in [-0.05, 0) is 33.6 Å². The molecule has 2 heterocycles. The minimum absolute atomic E-state index is 0.0319. The second-order valence-corrected chi connectivity index (χ2v) is 5.33. The summed E-state index contributed by atoms with van der Waals surface area (Å²) in [5.41, 5.74) is 0.193. The molecule has 0 N–H and O–H groups in total. The van der Waals surface area contributed by atoms with Crippen LogP contribution in [0.2, 0.25) is 0 Å². The molecule has 0 saturated heterocycles. The predicted molar refractivity (Wildman–Crippen MR) is 76.5 cm³/mol. The summed E-state index contributed by atoms with van der Waals surface area (Å²) in [6.07, 6.45) is 0.638. The van der Waals surface area contributed by atoms with Crippen molar-refractivity contribution >= 4 is 21.6 Å². The van der Waals surface area contributed by atoms with Crippen molar-refractivity contribution in [1.82, 2.24) is 14.4 Å². The summed E-state index contributed by atoms with van der Waals surface area (Å²) >= 11 is 3.24. The fourth-order valence-corrected chi connectivity index (χ4v) is 2.34. The molecule has 1 aromatic carbocycles. The molecule has 22 heavy (non-hydrogen) atoms. The van der Waals surface area contributed by atoms with E-state index in [9.17, 15) is 13.2 Å². The standard InChI is InChI=1S/C14H9BrF3N3O/c15-11-7-21-5-4-19-12(21)13(20-11)22-8-9-2-1-3-10(6-9)14(16,17)18/h1-7H,8H2. The van der Waals surface area contributed by atoms with Crippen LogP contribution in [0.1, 0.15) is 11.1 Å². The minimum Gasteiger partial charge on any atom is -0.470 e. The van der Waals surface area contributed by atoms with Crippen molar-refractivity contribution in [1.29, 1.82) is 0 Å². The Morgan fingerprint density at radius 3 is 2.86 bits per heavy atom. The Balaban J connectivity index is 1.84. The number of aromatic nitrogens is 3. The summed E-state index contributed by atoms with van der Waals surface area (Å²) < 4.78 is 45.8. The number of benzene rings is 1. The molecule has 4 nitrogen and oxygen atoms in total. The van der Waals surface area contributed by atoms with Gasteiger partial charge < -0.3 is 4.74 Å². The van der Waals surface area contributed by atoms with E-state index in [2.05, 4.69) is 25.9 Å². The van der Waals surface area contributed by atoms with Gasteiger partial charge in [-0.1, -0.05) is 12.1 Å². The molecular weight excluding hydrogens is 363 g/mol. The van der Waals surface area contributed by atoms with E-state index in [-0.39, 0.29) is 12.5 Å². The Kier molecular flexibility index (Phi) is 3.78. The Morgan fingerprint density at radius 2 is 2.09 bits per heavy atom. The maximum atomic E-state index is 12.7. The number of hydrogen-bond acceptors (Lipinski definition) is 3. The zero-order valence-electron chi connectivity index (χ0n) is 11.0. The molecule has 0 atom stereocenters. The van der Waals surface area contributed by atoms with Gasteiger partial charge >= 0.3 is 6.18 Å². The van der Waals surface area contributed by atoms with Crippen molar-refractivity contribution in [2.24, 2.45) is 0 Å². The highest BCUT2D eigenvalue weighted by atomic mass is 79.9. The third-order valence-corrected chi connectivity index (χ3v) is 3.33. The van der Waals surface area contributed by atoms with Gasteiger partial charge in [0.05, 0.1) is 5.56 Å². The maximum absolute atomic E-state index is 12.7. The predicted octanol–water partition coefficient (Wildman–Crippen LogP) is 4.09.